The van der Waals surface area contributed by atoms with E-state index in [0.29, 0.717) is 11.1 Å². The van der Waals surface area contributed by atoms with Crippen LogP contribution in [0.3, 0.4) is 0 Å². The van der Waals surface area contributed by atoms with Crippen molar-refractivity contribution < 1.29 is 57.9 Å². The van der Waals surface area contributed by atoms with Crippen molar-refractivity contribution in [2.75, 3.05) is 6.61 Å². The summed E-state index contributed by atoms with van der Waals surface area (Å²) in [6.45, 7) is 16.3. The Morgan fingerprint density at radius 2 is 1.57 bits per heavy atom. The zero-order valence-corrected chi connectivity index (χ0v) is 35.0. The molecule has 1 heterocycles. The van der Waals surface area contributed by atoms with Crippen molar-refractivity contribution >= 4 is 29.8 Å². The number of ketones is 1. The minimum atomic E-state index is -2.16. The van der Waals surface area contributed by atoms with Crippen LogP contribution in [0.2, 0.25) is 0 Å². The molecule has 2 saturated carbocycles. The van der Waals surface area contributed by atoms with E-state index in [1.165, 1.54) is 6.92 Å². The van der Waals surface area contributed by atoms with Crippen LogP contribution in [0.4, 0.5) is 4.79 Å². The van der Waals surface area contributed by atoms with Crippen LogP contribution in [0, 0.1) is 28.6 Å². The second-order valence-corrected chi connectivity index (χ2v) is 18.3. The number of hydrogen-bond acceptors (Lipinski definition) is 12. The highest BCUT2D eigenvalue weighted by atomic mass is 16.6. The lowest BCUT2D eigenvalue weighted by Crippen LogP contribution is -2.80. The third kappa shape index (κ3) is 7.12. The van der Waals surface area contributed by atoms with Gasteiger partial charge in [-0.05, 0) is 75.8 Å². The van der Waals surface area contributed by atoms with Gasteiger partial charge in [0.05, 0.1) is 30.0 Å². The molecule has 11 atom stereocenters. The van der Waals surface area contributed by atoms with Crippen molar-refractivity contribution in [3.05, 3.63) is 82.9 Å². The summed E-state index contributed by atoms with van der Waals surface area (Å²) in [5.74, 6) is -5.56. The zero-order chi connectivity index (χ0) is 42.7. The van der Waals surface area contributed by atoms with Crippen molar-refractivity contribution in [1.82, 2.24) is 5.32 Å². The molecule has 0 spiro atoms. The van der Waals surface area contributed by atoms with Crippen LogP contribution >= 0.6 is 0 Å². The molecule has 4 aliphatic rings. The molecule has 1 amide bonds. The summed E-state index contributed by atoms with van der Waals surface area (Å²) in [6.07, 6.45) is -6.11. The minimum Gasteiger partial charge on any atom is -0.457 e. The lowest BCUT2D eigenvalue weighted by Gasteiger charge is -2.68. The molecule has 1 aliphatic heterocycles. The van der Waals surface area contributed by atoms with E-state index in [-0.39, 0.29) is 30.6 Å². The number of carbonyl (C=O) groups is 5. The van der Waals surface area contributed by atoms with Crippen molar-refractivity contribution in [1.29, 1.82) is 0 Å². The quantitative estimate of drug-likeness (QED) is 0.166. The molecule has 1 saturated heterocycles. The normalized spacial score (nSPS) is 33.7. The van der Waals surface area contributed by atoms with Crippen LogP contribution in [0.25, 0.3) is 0 Å². The van der Waals surface area contributed by atoms with Gasteiger partial charge in [0.1, 0.15) is 35.6 Å². The Morgan fingerprint density at radius 1 is 0.966 bits per heavy atom. The third-order valence-corrected chi connectivity index (χ3v) is 13.3. The molecule has 58 heavy (non-hydrogen) atoms. The van der Waals surface area contributed by atoms with Gasteiger partial charge in [0.2, 0.25) is 0 Å². The van der Waals surface area contributed by atoms with Crippen molar-refractivity contribution in [2.24, 2.45) is 28.6 Å². The number of ether oxygens (including phenoxy) is 5. The van der Waals surface area contributed by atoms with E-state index < -0.39 is 106 Å². The summed E-state index contributed by atoms with van der Waals surface area (Å²) in [5.41, 5.74) is -6.26. The molecule has 13 nitrogen and oxygen atoms in total. The number of amides is 1. The first-order valence-electron chi connectivity index (χ1n) is 20.0. The Morgan fingerprint density at radius 3 is 2.12 bits per heavy atom. The van der Waals surface area contributed by atoms with Crippen LogP contribution in [0.15, 0.2) is 71.8 Å². The fourth-order valence-electron chi connectivity index (χ4n) is 10.0. The van der Waals surface area contributed by atoms with Crippen molar-refractivity contribution in [2.45, 2.75) is 129 Å². The second kappa shape index (κ2) is 15.2. The van der Waals surface area contributed by atoms with E-state index in [4.69, 9.17) is 23.7 Å². The summed E-state index contributed by atoms with van der Waals surface area (Å²) in [6, 6.07) is 16.2. The van der Waals surface area contributed by atoms with E-state index in [0.717, 1.165) is 0 Å². The molecule has 2 bridgehead atoms. The Hall–Kier alpha value is -4.59. The lowest BCUT2D eigenvalue weighted by atomic mass is 9.43. The van der Waals surface area contributed by atoms with Crippen LogP contribution in [-0.2, 0) is 38.1 Å². The maximum atomic E-state index is 15.1. The van der Waals surface area contributed by atoms with Crippen LogP contribution in [0.1, 0.15) is 104 Å². The van der Waals surface area contributed by atoms with Crippen LogP contribution in [0.5, 0.6) is 0 Å². The largest absolute Gasteiger partial charge is 0.457 e. The number of alkyl carbamates (subject to hydrolysis) is 1. The highest BCUT2D eigenvalue weighted by Crippen LogP contribution is 2.65. The predicted octanol–water partition coefficient (Wildman–Crippen LogP) is 5.81. The highest BCUT2D eigenvalue weighted by Gasteiger charge is 2.77. The van der Waals surface area contributed by atoms with E-state index in [2.05, 4.69) is 5.32 Å². The van der Waals surface area contributed by atoms with Crippen molar-refractivity contribution in [3.63, 3.8) is 0 Å². The average molecular weight is 804 g/mol. The fourth-order valence-corrected chi connectivity index (χ4v) is 10.0. The van der Waals surface area contributed by atoms with Gasteiger partial charge in [0.15, 0.2) is 11.4 Å². The number of hydrogen-bond donors (Lipinski definition) is 3. The summed E-state index contributed by atoms with van der Waals surface area (Å²) < 4.78 is 30.4. The Labute approximate surface area is 339 Å². The molecular weight excluding hydrogens is 746 g/mol. The molecular formula is C45H57NO12. The molecule has 3 fully saturated rings. The second-order valence-electron chi connectivity index (χ2n) is 18.3. The van der Waals surface area contributed by atoms with E-state index in [1.54, 1.807) is 116 Å². The monoisotopic (exact) mass is 803 g/mol. The maximum absolute atomic E-state index is 15.1. The first-order chi connectivity index (χ1) is 27.0. The molecule has 3 N–H and O–H groups in total. The fraction of sp³-hybridized carbons (Fsp3) is 0.578. The van der Waals surface area contributed by atoms with Gasteiger partial charge < -0.3 is 39.2 Å². The molecule has 0 aromatic heterocycles. The number of Topliss-reactive ketones (excluding diaryl/α,β-unsaturated/α-hetero) is 1. The number of fused-ring (bicyclic) bond motifs is 5. The van der Waals surface area contributed by atoms with Crippen LogP contribution < -0.4 is 5.32 Å². The number of esters is 3. The molecule has 6 rings (SSSR count). The Bertz CT molecular complexity index is 1970. The molecule has 0 radical (unpaired) electrons. The molecule has 1 unspecified atom stereocenters. The van der Waals surface area contributed by atoms with Gasteiger partial charge in [-0.3, -0.25) is 14.4 Å². The van der Waals surface area contributed by atoms with Gasteiger partial charge in [-0.15, -0.1) is 0 Å². The zero-order valence-electron chi connectivity index (χ0n) is 35.0. The van der Waals surface area contributed by atoms with Gasteiger partial charge in [-0.2, -0.15) is 0 Å². The smallest absolute Gasteiger partial charge is 0.408 e. The number of aliphatic hydroxyl groups is 2. The SMILES string of the molecule is CC(=O)O[C@@]12CO[C@@H]1C[C@H](C)[C@@]1(C)C(=O)[C@H](O)C3=C(C)[C@@H](OC(=O)[C@H](C)[C@@H](NC(=O)OC(C)(C)C)c4ccccc4)C[C@@](O)([C@@H](OC(=O)c4ccccc4)C12)C3(C)C. The van der Waals surface area contributed by atoms with Gasteiger partial charge in [0.25, 0.3) is 0 Å². The predicted molar refractivity (Wildman–Crippen MR) is 210 cm³/mol. The number of rotatable bonds is 8. The number of aliphatic hydroxyl groups excluding tert-OH is 1. The summed E-state index contributed by atoms with van der Waals surface area (Å²) in [7, 11) is 0. The van der Waals surface area contributed by atoms with Gasteiger partial charge in [0, 0.05) is 24.2 Å². The standard InChI is InChI=1S/C45H57NO12/c1-24-21-31-44(23-54-31,57-27(4)47)35-37(56-39(51)29-19-15-12-16-20-29)45(53)22-30(25(2)32(42(45,8)9)34(48)36(49)43(24,35)10)55-38(50)26(3)33(28-17-13-11-14-18-28)46-40(52)58-41(5,6)7/h11-20,24,26,30-31,33-35,37,48,53H,21-23H2,1-10H3,(H,46,52)/t24-,26+,30-,31+,33+,34+,35?,37-,43+,44-,45+/m0/s1. The highest BCUT2D eigenvalue weighted by molar-refractivity contribution is 5.94. The molecule has 2 aromatic rings. The van der Waals surface area contributed by atoms with Gasteiger partial charge in [-0.25, -0.2) is 9.59 Å². The molecule has 3 aliphatic carbocycles. The number of benzene rings is 2. The molecule has 13 heteroatoms. The van der Waals surface area contributed by atoms with E-state index in [9.17, 15) is 29.4 Å². The van der Waals surface area contributed by atoms with E-state index in [1.807, 2.05) is 6.92 Å². The Balaban J connectivity index is 1.49. The maximum Gasteiger partial charge on any atom is 0.408 e. The van der Waals surface area contributed by atoms with Gasteiger partial charge >= 0.3 is 24.0 Å². The molecule has 314 valence electrons. The summed E-state index contributed by atoms with van der Waals surface area (Å²) >= 11 is 0. The minimum absolute atomic E-state index is 0.129. The average Bonchev–Trinajstić information content (AvgIpc) is 3.14. The van der Waals surface area contributed by atoms with Crippen molar-refractivity contribution in [3.8, 4) is 0 Å². The van der Waals surface area contributed by atoms with Crippen LogP contribution in [-0.4, -0.2) is 87.8 Å². The van der Waals surface area contributed by atoms with Gasteiger partial charge in [-0.1, -0.05) is 76.2 Å². The molecule has 2 aromatic carbocycles. The lowest BCUT2D eigenvalue weighted by molar-refractivity contribution is -0.340. The third-order valence-electron chi connectivity index (χ3n) is 13.3. The topological polar surface area (TPSA) is 184 Å². The first kappa shape index (κ1) is 43.0. The first-order valence-corrected chi connectivity index (χ1v) is 20.0. The Kier molecular flexibility index (Phi) is 11.3. The summed E-state index contributed by atoms with van der Waals surface area (Å²) in [4.78, 5) is 69.7. The number of carbonyl (C=O) groups excluding carboxylic acids is 5. The summed E-state index contributed by atoms with van der Waals surface area (Å²) in [5, 5.41) is 28.7. The number of nitrogens with one attached hydrogen (secondary N) is 1. The van der Waals surface area contributed by atoms with E-state index >= 15 is 4.79 Å².